The first-order valence-corrected chi connectivity index (χ1v) is 5.98. The van der Waals surface area contributed by atoms with Crippen LogP contribution >= 0.6 is 0 Å². The maximum Gasteiger partial charge on any atom is 0.339 e. The van der Waals surface area contributed by atoms with Crippen molar-refractivity contribution < 1.29 is 4.79 Å². The number of benzene rings is 1. The third kappa shape index (κ3) is 3.06. The summed E-state index contributed by atoms with van der Waals surface area (Å²) in [7, 11) is 0. The van der Waals surface area contributed by atoms with Gasteiger partial charge in [-0.3, -0.25) is 0 Å². The molecule has 0 radical (unpaired) electrons. The number of nitrogens with two attached hydrogens (primary N) is 1. The van der Waals surface area contributed by atoms with E-state index in [0.717, 1.165) is 37.1 Å². The first kappa shape index (κ1) is 11.6. The van der Waals surface area contributed by atoms with Gasteiger partial charge in [0.25, 0.3) is 0 Å². The summed E-state index contributed by atoms with van der Waals surface area (Å²) < 4.78 is 0. The van der Waals surface area contributed by atoms with E-state index in [9.17, 15) is 4.79 Å². The van der Waals surface area contributed by atoms with Gasteiger partial charge >= 0.3 is 6.03 Å². The molecule has 0 heterocycles. The zero-order chi connectivity index (χ0) is 12.1. The molecular formula is C13H17N3O. The van der Waals surface area contributed by atoms with E-state index in [-0.39, 0.29) is 0 Å². The van der Waals surface area contributed by atoms with Crippen LogP contribution in [0.25, 0.3) is 0 Å². The molecule has 0 bridgehead atoms. The van der Waals surface area contributed by atoms with E-state index in [4.69, 9.17) is 5.73 Å². The Hall–Kier alpha value is -1.84. The van der Waals surface area contributed by atoms with E-state index in [1.165, 1.54) is 11.4 Å². The second kappa shape index (κ2) is 5.48. The minimum atomic E-state index is -0.533. The highest BCUT2D eigenvalue weighted by Gasteiger charge is 2.14. The number of urea groups is 1. The molecule has 1 saturated carbocycles. The molecule has 90 valence electrons. The average Bonchev–Trinajstić information content (AvgIpc) is 2.38. The van der Waals surface area contributed by atoms with Crippen molar-refractivity contribution >= 4 is 17.4 Å². The normalized spacial score (nSPS) is 15.4. The molecule has 4 nitrogen and oxygen atoms in total. The van der Waals surface area contributed by atoms with Gasteiger partial charge in [-0.1, -0.05) is 24.6 Å². The summed E-state index contributed by atoms with van der Waals surface area (Å²) in [5.74, 6) is 0. The number of hydrogen-bond donors (Lipinski definition) is 1. The first-order valence-electron chi connectivity index (χ1n) is 5.98. The third-order valence-corrected chi connectivity index (χ3v) is 2.88. The molecule has 0 saturated heterocycles. The van der Waals surface area contributed by atoms with Crippen LogP contribution in [0.5, 0.6) is 0 Å². The van der Waals surface area contributed by atoms with Gasteiger partial charge in [-0.15, -0.1) is 0 Å². The molecule has 2 amide bonds. The van der Waals surface area contributed by atoms with Crippen molar-refractivity contribution in [1.29, 1.82) is 0 Å². The quantitative estimate of drug-likeness (QED) is 0.782. The molecule has 2 rings (SSSR count). The zero-order valence-electron chi connectivity index (χ0n) is 9.80. The van der Waals surface area contributed by atoms with Crippen LogP contribution in [0.15, 0.2) is 35.4 Å². The van der Waals surface area contributed by atoms with Crippen LogP contribution in [0, 0.1) is 0 Å². The fourth-order valence-electron chi connectivity index (χ4n) is 2.00. The van der Waals surface area contributed by atoms with E-state index < -0.39 is 6.03 Å². The SMILES string of the molecule is NC(=O)N(N=C1CCCCC1)c1ccccc1. The fraction of sp³-hybridized carbons (Fsp3) is 0.385. The molecule has 1 aliphatic carbocycles. The summed E-state index contributed by atoms with van der Waals surface area (Å²) >= 11 is 0. The van der Waals surface area contributed by atoms with E-state index in [1.807, 2.05) is 30.3 Å². The van der Waals surface area contributed by atoms with Gasteiger partial charge in [0.1, 0.15) is 0 Å². The van der Waals surface area contributed by atoms with Gasteiger partial charge in [-0.05, 0) is 37.8 Å². The Bertz CT molecular complexity index is 406. The molecular weight excluding hydrogens is 214 g/mol. The van der Waals surface area contributed by atoms with Gasteiger partial charge in [0, 0.05) is 5.71 Å². The van der Waals surface area contributed by atoms with E-state index in [0.29, 0.717) is 0 Å². The molecule has 17 heavy (non-hydrogen) atoms. The monoisotopic (exact) mass is 231 g/mol. The molecule has 0 atom stereocenters. The highest BCUT2D eigenvalue weighted by atomic mass is 16.2. The number of hydrazone groups is 1. The van der Waals surface area contributed by atoms with Crippen molar-refractivity contribution in [2.75, 3.05) is 5.01 Å². The van der Waals surface area contributed by atoms with Gasteiger partial charge in [-0.2, -0.15) is 10.1 Å². The minimum Gasteiger partial charge on any atom is -0.350 e. The smallest absolute Gasteiger partial charge is 0.339 e. The second-order valence-electron chi connectivity index (χ2n) is 4.21. The predicted octanol–water partition coefficient (Wildman–Crippen LogP) is 2.89. The van der Waals surface area contributed by atoms with Crippen LogP contribution in [0.4, 0.5) is 10.5 Å². The topological polar surface area (TPSA) is 58.7 Å². The number of anilines is 1. The van der Waals surface area contributed by atoms with E-state index in [1.54, 1.807) is 0 Å². The second-order valence-corrected chi connectivity index (χ2v) is 4.21. The largest absolute Gasteiger partial charge is 0.350 e. The van der Waals surface area contributed by atoms with Crippen molar-refractivity contribution in [3.05, 3.63) is 30.3 Å². The maximum atomic E-state index is 11.4. The molecule has 1 aromatic rings. The van der Waals surface area contributed by atoms with Crippen LogP contribution in [0.1, 0.15) is 32.1 Å². The van der Waals surface area contributed by atoms with E-state index in [2.05, 4.69) is 5.10 Å². The van der Waals surface area contributed by atoms with Crippen LogP contribution in [-0.4, -0.2) is 11.7 Å². The number of amides is 2. The summed E-state index contributed by atoms with van der Waals surface area (Å²) in [6, 6.07) is 8.76. The molecule has 0 spiro atoms. The Balaban J connectivity index is 2.21. The lowest BCUT2D eigenvalue weighted by Crippen LogP contribution is -2.32. The summed E-state index contributed by atoms with van der Waals surface area (Å²) in [5, 5.41) is 5.67. The van der Waals surface area contributed by atoms with Gasteiger partial charge in [-0.25, -0.2) is 4.79 Å². The Morgan fingerprint density at radius 1 is 1.12 bits per heavy atom. The lowest BCUT2D eigenvalue weighted by molar-refractivity contribution is 0.254. The molecule has 2 N–H and O–H groups in total. The third-order valence-electron chi connectivity index (χ3n) is 2.88. The van der Waals surface area contributed by atoms with Gasteiger partial charge in [0.05, 0.1) is 5.69 Å². The van der Waals surface area contributed by atoms with Crippen molar-refractivity contribution in [2.45, 2.75) is 32.1 Å². The van der Waals surface area contributed by atoms with Crippen molar-refractivity contribution in [3.63, 3.8) is 0 Å². The predicted molar refractivity (Wildman–Crippen MR) is 69.0 cm³/mol. The molecule has 1 fully saturated rings. The lowest BCUT2D eigenvalue weighted by atomic mass is 9.99. The van der Waals surface area contributed by atoms with E-state index >= 15 is 0 Å². The summed E-state index contributed by atoms with van der Waals surface area (Å²) in [4.78, 5) is 11.4. The van der Waals surface area contributed by atoms with Crippen LogP contribution in [0.3, 0.4) is 0 Å². The number of carbonyl (C=O) groups is 1. The van der Waals surface area contributed by atoms with Crippen molar-refractivity contribution in [3.8, 4) is 0 Å². The number of para-hydroxylation sites is 1. The lowest BCUT2D eigenvalue weighted by Gasteiger charge is -2.19. The molecule has 1 aromatic carbocycles. The summed E-state index contributed by atoms with van der Waals surface area (Å²) in [5.41, 5.74) is 7.15. The Morgan fingerprint density at radius 3 is 2.35 bits per heavy atom. The Labute approximate surface area is 101 Å². The molecule has 0 aliphatic heterocycles. The van der Waals surface area contributed by atoms with Gasteiger partial charge < -0.3 is 5.73 Å². The molecule has 4 heteroatoms. The van der Waals surface area contributed by atoms with Crippen molar-refractivity contribution in [2.24, 2.45) is 10.8 Å². The Morgan fingerprint density at radius 2 is 1.76 bits per heavy atom. The maximum absolute atomic E-state index is 11.4. The molecule has 1 aliphatic rings. The average molecular weight is 231 g/mol. The standard InChI is InChI=1S/C13H17N3O/c14-13(17)16(12-9-5-2-6-10-12)15-11-7-3-1-4-8-11/h2,5-6,9-10H,1,3-4,7-8H2,(H2,14,17). The number of hydrogen-bond acceptors (Lipinski definition) is 2. The Kier molecular flexibility index (Phi) is 3.75. The first-order chi connectivity index (χ1) is 8.27. The molecule has 0 unspecified atom stereocenters. The highest BCUT2D eigenvalue weighted by molar-refractivity contribution is 5.94. The van der Waals surface area contributed by atoms with Crippen LogP contribution < -0.4 is 10.7 Å². The molecule has 0 aromatic heterocycles. The van der Waals surface area contributed by atoms with Gasteiger partial charge in [0.2, 0.25) is 0 Å². The zero-order valence-corrected chi connectivity index (χ0v) is 9.80. The number of rotatable bonds is 2. The number of nitrogens with zero attached hydrogens (tertiary/aromatic N) is 2. The number of primary amides is 1. The highest BCUT2D eigenvalue weighted by Crippen LogP contribution is 2.18. The number of carbonyl (C=O) groups excluding carboxylic acids is 1. The van der Waals surface area contributed by atoms with Crippen LogP contribution in [0.2, 0.25) is 0 Å². The minimum absolute atomic E-state index is 0.533. The fourth-order valence-corrected chi connectivity index (χ4v) is 2.00. The van der Waals surface area contributed by atoms with Crippen LogP contribution in [-0.2, 0) is 0 Å². The van der Waals surface area contributed by atoms with Crippen molar-refractivity contribution in [1.82, 2.24) is 0 Å². The summed E-state index contributed by atoms with van der Waals surface area (Å²) in [6.07, 6.45) is 5.49. The van der Waals surface area contributed by atoms with Gasteiger partial charge in [0.15, 0.2) is 0 Å². The summed E-state index contributed by atoms with van der Waals surface area (Å²) in [6.45, 7) is 0.